The van der Waals surface area contributed by atoms with Gasteiger partial charge in [0.25, 0.3) is 0 Å². The Morgan fingerprint density at radius 3 is 1.23 bits per heavy atom. The summed E-state index contributed by atoms with van der Waals surface area (Å²) in [4.78, 5) is 0. The first-order valence-electron chi connectivity index (χ1n) is 28.3. The predicted molar refractivity (Wildman–Crippen MR) is 330 cm³/mol. The number of aromatic nitrogens is 1. The van der Waals surface area contributed by atoms with Crippen LogP contribution in [0.4, 0.5) is 0 Å². The van der Waals surface area contributed by atoms with E-state index in [0.29, 0.717) is 0 Å². The smallest absolute Gasteiger partial charge is 0.0571 e. The van der Waals surface area contributed by atoms with E-state index < -0.39 is 0 Å². The summed E-state index contributed by atoms with van der Waals surface area (Å²) in [6, 6.07) is 62.8. The van der Waals surface area contributed by atoms with Gasteiger partial charge in [-0.2, -0.15) is 0 Å². The van der Waals surface area contributed by atoms with Crippen molar-refractivity contribution in [3.8, 4) is 33.4 Å². The van der Waals surface area contributed by atoms with E-state index in [1.54, 1.807) is 11.1 Å². The average molecular weight is 962 g/mol. The van der Waals surface area contributed by atoms with Crippen molar-refractivity contribution >= 4 is 64.9 Å². The van der Waals surface area contributed by atoms with Crippen molar-refractivity contribution in [2.45, 2.75) is 136 Å². The van der Waals surface area contributed by atoms with E-state index in [4.69, 9.17) is 0 Å². The van der Waals surface area contributed by atoms with E-state index in [1.165, 1.54) is 127 Å². The molecule has 0 unspecified atom stereocenters. The van der Waals surface area contributed by atoms with Crippen LogP contribution in [-0.4, -0.2) is 4.57 Å². The Labute approximate surface area is 439 Å². The molecule has 0 N–H and O–H groups in total. The first-order chi connectivity index (χ1) is 36.2. The molecule has 0 fully saturated rings. The molecule has 0 saturated heterocycles. The summed E-state index contributed by atoms with van der Waals surface area (Å²) in [5.74, 6) is 0. The number of benzene rings is 10. The molecule has 73 heavy (non-hydrogen) atoms. The molecule has 10 aromatic carbocycles. The molecule has 0 bridgehead atoms. The van der Waals surface area contributed by atoms with Crippen LogP contribution in [0.2, 0.25) is 0 Å². The molecule has 0 aliphatic heterocycles. The summed E-state index contributed by atoms with van der Waals surface area (Å²) in [5, 5.41) is 13.8. The molecule has 376 valence electrons. The Hall–Kier alpha value is -6.96. The summed E-state index contributed by atoms with van der Waals surface area (Å²) in [6.45, 7) is 31.5. The number of hydrogen-bond acceptors (Lipinski definition) is 0. The topological polar surface area (TPSA) is 4.93 Å². The van der Waals surface area contributed by atoms with Crippen LogP contribution < -0.4 is 0 Å². The second-order valence-corrected chi connectivity index (χ2v) is 17.2. The minimum absolute atomic E-state index is 0.967. The molecule has 0 spiro atoms. The van der Waals surface area contributed by atoms with Gasteiger partial charge in [0.2, 0.25) is 0 Å². The van der Waals surface area contributed by atoms with Gasteiger partial charge < -0.3 is 4.57 Å². The number of hydrogen-bond donors (Lipinski definition) is 0. The monoisotopic (exact) mass is 962 g/mol. The molecular weight excluding hydrogens is 879 g/mol. The van der Waals surface area contributed by atoms with Gasteiger partial charge in [-0.25, -0.2) is 0 Å². The third-order valence-corrected chi connectivity index (χ3v) is 13.7. The highest BCUT2D eigenvalue weighted by molar-refractivity contribution is 6.29. The van der Waals surface area contributed by atoms with Crippen LogP contribution >= 0.6 is 0 Å². The minimum atomic E-state index is 0.967. The van der Waals surface area contributed by atoms with Gasteiger partial charge in [0.05, 0.1) is 11.0 Å². The van der Waals surface area contributed by atoms with E-state index in [0.717, 1.165) is 25.8 Å². The van der Waals surface area contributed by atoms with Gasteiger partial charge in [0, 0.05) is 29.1 Å². The van der Waals surface area contributed by atoms with Gasteiger partial charge in [-0.05, 0) is 124 Å². The van der Waals surface area contributed by atoms with Crippen LogP contribution in [0, 0.1) is 0 Å². The van der Waals surface area contributed by atoms with Gasteiger partial charge in [-0.3, -0.25) is 0 Å². The van der Waals surface area contributed by atoms with Crippen molar-refractivity contribution in [2.75, 3.05) is 0 Å². The highest BCUT2D eigenvalue weighted by Crippen LogP contribution is 2.53. The Bertz CT molecular complexity index is 3600. The number of aryl methyl sites for hydroxylation is 1. The second-order valence-electron chi connectivity index (χ2n) is 17.2. The molecular formula is C72H83N. The third-order valence-electron chi connectivity index (χ3n) is 13.7. The normalized spacial score (nSPS) is 11.2. The molecule has 0 saturated carbocycles. The molecule has 3 aliphatic rings. The van der Waals surface area contributed by atoms with Gasteiger partial charge in [0.15, 0.2) is 0 Å². The first-order valence-corrected chi connectivity index (χ1v) is 28.3. The molecule has 0 radical (unpaired) electrons. The van der Waals surface area contributed by atoms with Crippen molar-refractivity contribution in [1.29, 1.82) is 0 Å². The largest absolute Gasteiger partial charge is 0.340 e. The fraction of sp³-hybridized carbons (Fsp3) is 0.278. The molecule has 0 atom stereocenters. The van der Waals surface area contributed by atoms with Gasteiger partial charge in [0.1, 0.15) is 0 Å². The quantitative estimate of drug-likeness (QED) is 0.154. The van der Waals surface area contributed by atoms with Crippen LogP contribution in [-0.2, 0) is 25.8 Å². The highest BCUT2D eigenvalue weighted by Gasteiger charge is 2.32. The zero-order valence-electron chi connectivity index (χ0n) is 47.1. The van der Waals surface area contributed by atoms with Crippen LogP contribution in [0.15, 0.2) is 170 Å². The van der Waals surface area contributed by atoms with E-state index >= 15 is 0 Å². The van der Waals surface area contributed by atoms with E-state index in [9.17, 15) is 0 Å². The SMILES string of the molecule is CC.CC.CC.CC.CC.CC.CCC.CCn1c2c3c(c4ccccc4c2c2ccc4ccccc4c21)-c1ccccc1C3.c1ccc2c(c1)Cc1c3c(c4ccccc4c1-2)-c1ccc2ccccc2c1C3. The first kappa shape index (κ1) is 55.4. The number of nitrogens with zero attached hydrogens (tertiary/aromatic N) is 1. The Morgan fingerprint density at radius 2 is 0.685 bits per heavy atom. The maximum atomic E-state index is 2.57. The third kappa shape index (κ3) is 9.72. The van der Waals surface area contributed by atoms with E-state index in [2.05, 4.69) is 195 Å². The molecule has 14 rings (SSSR count). The van der Waals surface area contributed by atoms with Crippen molar-refractivity contribution in [3.63, 3.8) is 0 Å². The summed E-state index contributed by atoms with van der Waals surface area (Å²) >= 11 is 0. The van der Waals surface area contributed by atoms with Crippen LogP contribution in [0.1, 0.15) is 144 Å². The molecule has 1 heteroatoms. The summed E-state index contributed by atoms with van der Waals surface area (Å²) in [7, 11) is 0. The number of rotatable bonds is 1. The zero-order chi connectivity index (χ0) is 52.8. The van der Waals surface area contributed by atoms with Crippen LogP contribution in [0.25, 0.3) is 98.3 Å². The summed E-state index contributed by atoms with van der Waals surface area (Å²) < 4.78 is 2.57. The lowest BCUT2D eigenvalue weighted by Crippen LogP contribution is -1.97. The standard InChI is InChI=1S/C29H21N.C28H18.C3H8.6C2H6/c1-2-30-28-21-12-6-3-9-18(21)15-16-24(28)27-23-14-8-7-13-22(23)26-20-11-5-4-10-19(20)17-25(26)29(27)30;1-3-9-19-17(7-1)13-14-23-24(19)16-26-25-15-18-8-2-4-10-20(18)27(25)21-11-5-6-12-22(21)28(23)26;1-3-2;6*1-2/h3-16H,2,17H2,1H3;1-14H,15-16H2;3H2,1-2H3;6*1-2H3. The zero-order valence-corrected chi connectivity index (χ0v) is 47.1. The molecule has 0 amide bonds. The van der Waals surface area contributed by atoms with Gasteiger partial charge in [-0.15, -0.1) is 0 Å². The lowest BCUT2D eigenvalue weighted by atomic mass is 9.89. The minimum Gasteiger partial charge on any atom is -0.340 e. The van der Waals surface area contributed by atoms with Crippen molar-refractivity contribution < 1.29 is 0 Å². The van der Waals surface area contributed by atoms with Crippen molar-refractivity contribution in [1.82, 2.24) is 4.57 Å². The van der Waals surface area contributed by atoms with Crippen molar-refractivity contribution in [2.24, 2.45) is 0 Å². The lowest BCUT2D eigenvalue weighted by Gasteiger charge is -2.14. The Kier molecular flexibility index (Phi) is 19.8. The maximum absolute atomic E-state index is 2.57. The predicted octanol–water partition coefficient (Wildman–Crippen LogP) is 22.4. The Morgan fingerprint density at radius 1 is 0.301 bits per heavy atom. The maximum Gasteiger partial charge on any atom is 0.0571 e. The molecule has 1 nitrogen and oxygen atoms in total. The lowest BCUT2D eigenvalue weighted by molar-refractivity contribution is 0.826. The van der Waals surface area contributed by atoms with E-state index in [1.807, 2.05) is 83.1 Å². The van der Waals surface area contributed by atoms with Gasteiger partial charge >= 0.3 is 0 Å². The highest BCUT2D eigenvalue weighted by atomic mass is 15.0. The molecule has 11 aromatic rings. The molecule has 1 aromatic heterocycles. The van der Waals surface area contributed by atoms with Crippen LogP contribution in [0.3, 0.4) is 0 Å². The van der Waals surface area contributed by atoms with E-state index in [-0.39, 0.29) is 0 Å². The number of fused-ring (bicyclic) bond motifs is 24. The van der Waals surface area contributed by atoms with Crippen LogP contribution in [0.5, 0.6) is 0 Å². The molecule has 1 heterocycles. The fourth-order valence-corrected chi connectivity index (χ4v) is 11.4. The average Bonchev–Trinajstić information content (AvgIpc) is 4.27. The van der Waals surface area contributed by atoms with Gasteiger partial charge in [-0.1, -0.05) is 273 Å². The Balaban J connectivity index is 0.000000190. The summed E-state index contributed by atoms with van der Waals surface area (Å²) in [5.41, 5.74) is 20.5. The molecule has 3 aliphatic carbocycles. The second kappa shape index (κ2) is 26.1. The summed E-state index contributed by atoms with van der Waals surface area (Å²) in [6.07, 6.45) is 4.37. The van der Waals surface area contributed by atoms with Crippen molar-refractivity contribution in [3.05, 3.63) is 203 Å². The fourth-order valence-electron chi connectivity index (χ4n) is 11.4.